The molecule has 2 aliphatic rings. The molecule has 1 saturated heterocycles. The van der Waals surface area contributed by atoms with Gasteiger partial charge in [0.2, 0.25) is 5.91 Å². The van der Waals surface area contributed by atoms with Gasteiger partial charge in [-0.15, -0.1) is 0 Å². The predicted molar refractivity (Wildman–Crippen MR) is 63.4 cm³/mol. The maximum absolute atomic E-state index is 12.3. The fourth-order valence-electron chi connectivity index (χ4n) is 2.96. The standard InChI is InChI=1S/C13H13N3O/c1-8-13(6-9(7-14)15-8)10-4-2-3-5-11(10)16-12(13)17/h2-5,8-9,15H,6H2,1H3,(H,16,17)/t8?,9-,13-/m0/s1/i/hD. The predicted octanol–water partition coefficient (Wildman–Crippen LogP) is 1.15. The zero-order chi connectivity index (χ0) is 12.9. The molecule has 2 heterocycles. The quantitative estimate of drug-likeness (QED) is 0.700. The number of nitrogens with zero attached hydrogens (tertiary/aromatic N) is 1. The number of nitriles is 1. The van der Waals surface area contributed by atoms with Gasteiger partial charge in [0.1, 0.15) is 1.41 Å². The molecule has 1 spiro atoms. The van der Waals surface area contributed by atoms with Crippen LogP contribution in [-0.2, 0) is 10.2 Å². The molecule has 3 atom stereocenters. The molecule has 2 aliphatic heterocycles. The lowest BCUT2D eigenvalue weighted by atomic mass is 9.75. The van der Waals surface area contributed by atoms with E-state index in [1.165, 1.54) is 5.31 Å². The minimum atomic E-state index is -0.751. The molecule has 1 amide bonds. The van der Waals surface area contributed by atoms with Crippen molar-refractivity contribution in [3.05, 3.63) is 29.8 Å². The van der Waals surface area contributed by atoms with E-state index in [-0.39, 0.29) is 11.9 Å². The number of hydrogen-bond acceptors (Lipinski definition) is 3. The number of anilines is 1. The Labute approximate surface area is 101 Å². The Kier molecular flexibility index (Phi) is 1.79. The summed E-state index contributed by atoms with van der Waals surface area (Å²) in [5, 5.41) is 13.2. The molecule has 4 nitrogen and oxygen atoms in total. The van der Waals surface area contributed by atoms with Crippen LogP contribution in [0, 0.1) is 11.3 Å². The van der Waals surface area contributed by atoms with Gasteiger partial charge in [0, 0.05) is 11.7 Å². The van der Waals surface area contributed by atoms with Crippen molar-refractivity contribution >= 4 is 11.6 Å². The average Bonchev–Trinajstić information content (AvgIpc) is 2.81. The lowest BCUT2D eigenvalue weighted by Gasteiger charge is -2.25. The number of carbonyl (C=O) groups excluding carboxylic acids is 1. The van der Waals surface area contributed by atoms with E-state index in [9.17, 15) is 4.79 Å². The summed E-state index contributed by atoms with van der Waals surface area (Å²) in [6.45, 7) is 1.84. The van der Waals surface area contributed by atoms with Gasteiger partial charge in [-0.2, -0.15) is 5.26 Å². The van der Waals surface area contributed by atoms with Crippen molar-refractivity contribution in [2.24, 2.45) is 0 Å². The zero-order valence-corrected chi connectivity index (χ0v) is 9.47. The van der Waals surface area contributed by atoms with Crippen LogP contribution in [0.25, 0.3) is 0 Å². The largest absolute Gasteiger partial charge is 0.325 e. The third-order valence-electron chi connectivity index (χ3n) is 3.84. The number of amides is 1. The lowest BCUT2D eigenvalue weighted by molar-refractivity contribution is -0.121. The summed E-state index contributed by atoms with van der Waals surface area (Å²) in [7, 11) is 0. The van der Waals surface area contributed by atoms with E-state index in [1.54, 1.807) is 0 Å². The Hall–Kier alpha value is -1.86. The second kappa shape index (κ2) is 3.31. The van der Waals surface area contributed by atoms with Crippen LogP contribution in [0.1, 0.15) is 18.9 Å². The van der Waals surface area contributed by atoms with Crippen LogP contribution in [0.4, 0.5) is 5.69 Å². The van der Waals surface area contributed by atoms with Crippen LogP contribution in [-0.4, -0.2) is 18.0 Å². The summed E-state index contributed by atoms with van der Waals surface area (Å²) in [6.07, 6.45) is 0.386. The van der Waals surface area contributed by atoms with E-state index in [0.717, 1.165) is 11.3 Å². The van der Waals surface area contributed by atoms with Crippen molar-refractivity contribution in [1.29, 1.82) is 5.26 Å². The molecule has 0 aromatic heterocycles. The first-order valence-electron chi connectivity index (χ1n) is 6.14. The summed E-state index contributed by atoms with van der Waals surface area (Å²) < 4.78 is 7.95. The van der Waals surface area contributed by atoms with Gasteiger partial charge in [0.05, 0.1) is 17.5 Å². The minimum Gasteiger partial charge on any atom is -0.325 e. The molecular formula is C13H13N3O. The molecule has 0 bridgehead atoms. The maximum atomic E-state index is 12.3. The first kappa shape index (κ1) is 9.20. The molecule has 0 saturated carbocycles. The second-order valence-electron chi connectivity index (χ2n) is 4.65. The van der Waals surface area contributed by atoms with Crippen LogP contribution in [0.2, 0.25) is 1.41 Å². The van der Waals surface area contributed by atoms with E-state index in [1.807, 2.05) is 31.2 Å². The highest BCUT2D eigenvalue weighted by molar-refractivity contribution is 6.07. The molecule has 86 valence electrons. The summed E-state index contributed by atoms with van der Waals surface area (Å²) in [4.78, 5) is 12.3. The third kappa shape index (κ3) is 1.17. The Morgan fingerprint density at radius 1 is 1.59 bits per heavy atom. The van der Waals surface area contributed by atoms with Crippen molar-refractivity contribution in [3.8, 4) is 6.07 Å². The number of fused-ring (bicyclic) bond motifs is 2. The topological polar surface area (TPSA) is 64.9 Å². The molecule has 3 rings (SSSR count). The number of nitrogens with one attached hydrogen (secondary N) is 2. The van der Waals surface area contributed by atoms with E-state index in [2.05, 4.69) is 11.4 Å². The summed E-state index contributed by atoms with van der Waals surface area (Å²) >= 11 is 0. The number of rotatable bonds is 0. The molecule has 17 heavy (non-hydrogen) atoms. The highest BCUT2D eigenvalue weighted by Crippen LogP contribution is 2.46. The van der Waals surface area contributed by atoms with E-state index in [0.29, 0.717) is 6.42 Å². The van der Waals surface area contributed by atoms with Crippen molar-refractivity contribution in [2.75, 3.05) is 5.32 Å². The molecule has 4 heteroatoms. The van der Waals surface area contributed by atoms with Crippen molar-refractivity contribution in [3.63, 3.8) is 0 Å². The minimum absolute atomic E-state index is 0.0915. The molecule has 0 aliphatic carbocycles. The molecule has 1 aromatic carbocycles. The normalized spacial score (nSPS) is 36.5. The fraction of sp³-hybridized carbons (Fsp3) is 0.385. The first-order valence-corrected chi connectivity index (χ1v) is 5.69. The highest BCUT2D eigenvalue weighted by Gasteiger charge is 2.55. The highest BCUT2D eigenvalue weighted by atomic mass is 16.2. The van der Waals surface area contributed by atoms with E-state index >= 15 is 0 Å². The van der Waals surface area contributed by atoms with Crippen LogP contribution in [0.3, 0.4) is 0 Å². The first-order chi connectivity index (χ1) is 8.61. The Morgan fingerprint density at radius 2 is 2.35 bits per heavy atom. The van der Waals surface area contributed by atoms with Crippen molar-refractivity contribution in [1.82, 2.24) is 5.31 Å². The van der Waals surface area contributed by atoms with E-state index < -0.39 is 11.5 Å². The number of para-hydroxylation sites is 1. The van der Waals surface area contributed by atoms with Gasteiger partial charge in [-0.1, -0.05) is 18.2 Å². The Morgan fingerprint density at radius 3 is 3.06 bits per heavy atom. The van der Waals surface area contributed by atoms with Gasteiger partial charge in [-0.05, 0) is 25.0 Å². The SMILES string of the molecule is [2H]N1C(C)[C@]2(C[C@H]1C#N)C(=O)Nc1ccccc12. The zero-order valence-electron chi connectivity index (χ0n) is 10.5. The van der Waals surface area contributed by atoms with Gasteiger partial charge in [0.25, 0.3) is 0 Å². The summed E-state index contributed by atoms with van der Waals surface area (Å²) in [5.74, 6) is -0.0915. The number of carbonyl (C=O) groups is 1. The Balaban J connectivity index is 2.17. The summed E-state index contributed by atoms with van der Waals surface area (Å²) in [5.41, 5.74) is 0.970. The number of hydrogen-bond donors (Lipinski definition) is 2. The Bertz CT molecular complexity index is 568. The van der Waals surface area contributed by atoms with Crippen molar-refractivity contribution in [2.45, 2.75) is 30.8 Å². The van der Waals surface area contributed by atoms with Gasteiger partial charge < -0.3 is 5.32 Å². The molecule has 0 radical (unpaired) electrons. The number of benzene rings is 1. The monoisotopic (exact) mass is 228 g/mol. The van der Waals surface area contributed by atoms with Crippen LogP contribution in [0.5, 0.6) is 0 Å². The lowest BCUT2D eigenvalue weighted by Crippen LogP contribution is -2.43. The third-order valence-corrected chi connectivity index (χ3v) is 3.84. The molecule has 1 unspecified atom stereocenters. The smallest absolute Gasteiger partial charge is 0.236 e. The molecule has 2 N–H and O–H groups in total. The molecule has 1 fully saturated rings. The van der Waals surface area contributed by atoms with Crippen LogP contribution >= 0.6 is 0 Å². The van der Waals surface area contributed by atoms with Crippen molar-refractivity contribution < 1.29 is 6.21 Å². The van der Waals surface area contributed by atoms with Gasteiger partial charge in [-0.25, -0.2) is 0 Å². The van der Waals surface area contributed by atoms with Gasteiger partial charge in [-0.3, -0.25) is 10.1 Å². The fourth-order valence-corrected chi connectivity index (χ4v) is 2.96. The van der Waals surface area contributed by atoms with Gasteiger partial charge >= 0.3 is 0 Å². The van der Waals surface area contributed by atoms with Crippen LogP contribution < -0.4 is 10.6 Å². The second-order valence-corrected chi connectivity index (χ2v) is 4.65. The van der Waals surface area contributed by atoms with E-state index in [4.69, 9.17) is 6.67 Å². The average molecular weight is 228 g/mol. The molecular weight excluding hydrogens is 214 g/mol. The maximum Gasteiger partial charge on any atom is 0.236 e. The van der Waals surface area contributed by atoms with Gasteiger partial charge in [0.15, 0.2) is 0 Å². The van der Waals surface area contributed by atoms with Crippen LogP contribution in [0.15, 0.2) is 24.3 Å². The molecule has 1 aromatic rings. The summed E-state index contributed by atoms with van der Waals surface area (Å²) in [6, 6.07) is 8.82.